The monoisotopic (exact) mass is 342 g/mol. The molecule has 0 aliphatic carbocycles. The molecule has 1 N–H and O–H groups in total. The minimum absolute atomic E-state index is 0.0655. The van der Waals surface area contributed by atoms with E-state index in [-0.39, 0.29) is 11.6 Å². The average molecular weight is 342 g/mol. The number of nitrogens with zero attached hydrogens (tertiary/aromatic N) is 1. The van der Waals surface area contributed by atoms with Crippen LogP contribution in [0.2, 0.25) is 0 Å². The smallest absolute Gasteiger partial charge is 0.271 e. The van der Waals surface area contributed by atoms with Crippen LogP contribution in [0, 0.1) is 30.9 Å². The molecular weight excluding hydrogens is 320 g/mol. The highest BCUT2D eigenvalue weighted by molar-refractivity contribution is 5.95. The maximum absolute atomic E-state index is 12.6. The lowest BCUT2D eigenvalue weighted by Crippen LogP contribution is -2.32. The predicted octanol–water partition coefficient (Wildman–Crippen LogP) is 4.32. The Morgan fingerprint density at radius 2 is 1.88 bits per heavy atom. The molecule has 1 atom stereocenters. The molecule has 0 saturated heterocycles. The number of rotatable bonds is 6. The van der Waals surface area contributed by atoms with Crippen LogP contribution in [0.25, 0.3) is 0 Å². The number of nitro benzene ring substituents is 1. The first-order chi connectivity index (χ1) is 11.8. The fraction of sp³-hybridized carbons (Fsp3) is 0.316. The van der Waals surface area contributed by atoms with Crippen molar-refractivity contribution in [1.82, 2.24) is 0 Å². The number of amides is 1. The molecule has 0 bridgehead atoms. The Balaban J connectivity index is 2.17. The largest absolute Gasteiger partial charge is 0.480 e. The second-order valence-electron chi connectivity index (χ2n) is 6.03. The lowest BCUT2D eigenvalue weighted by molar-refractivity contribution is -0.384. The van der Waals surface area contributed by atoms with Gasteiger partial charge in [0.05, 0.1) is 10.6 Å². The summed E-state index contributed by atoms with van der Waals surface area (Å²) in [7, 11) is 0. The summed E-state index contributed by atoms with van der Waals surface area (Å²) in [6, 6.07) is 10.1. The first kappa shape index (κ1) is 18.4. The molecule has 0 aliphatic rings. The number of aryl methyl sites for hydroxylation is 3. The summed E-state index contributed by atoms with van der Waals surface area (Å²) >= 11 is 0. The molecule has 2 rings (SSSR count). The van der Waals surface area contributed by atoms with Crippen LogP contribution in [0.4, 0.5) is 11.4 Å². The van der Waals surface area contributed by atoms with E-state index in [1.54, 1.807) is 13.0 Å². The van der Waals surface area contributed by atoms with Gasteiger partial charge in [0.15, 0.2) is 6.10 Å². The van der Waals surface area contributed by atoms with E-state index in [1.807, 2.05) is 39.0 Å². The summed E-state index contributed by atoms with van der Waals surface area (Å²) in [5.41, 5.74) is 3.18. The average Bonchev–Trinajstić information content (AvgIpc) is 2.55. The molecule has 0 fully saturated rings. The number of hydrogen-bond donors (Lipinski definition) is 1. The van der Waals surface area contributed by atoms with Gasteiger partial charge in [0.25, 0.3) is 11.6 Å². The highest BCUT2D eigenvalue weighted by Crippen LogP contribution is 2.24. The van der Waals surface area contributed by atoms with Crippen molar-refractivity contribution >= 4 is 17.3 Å². The van der Waals surface area contributed by atoms with E-state index in [4.69, 9.17) is 4.74 Å². The summed E-state index contributed by atoms with van der Waals surface area (Å²) in [4.78, 5) is 23.0. The highest BCUT2D eigenvalue weighted by atomic mass is 16.6. The molecule has 0 aromatic heterocycles. The van der Waals surface area contributed by atoms with Gasteiger partial charge < -0.3 is 10.1 Å². The van der Waals surface area contributed by atoms with Crippen molar-refractivity contribution < 1.29 is 14.5 Å². The Kier molecular flexibility index (Phi) is 5.75. The molecule has 0 saturated carbocycles. The normalized spacial score (nSPS) is 11.7. The van der Waals surface area contributed by atoms with Crippen molar-refractivity contribution in [1.29, 1.82) is 0 Å². The molecule has 0 unspecified atom stereocenters. The van der Waals surface area contributed by atoms with Crippen molar-refractivity contribution in [2.45, 2.75) is 40.2 Å². The lowest BCUT2D eigenvalue weighted by Gasteiger charge is -2.19. The van der Waals surface area contributed by atoms with Crippen molar-refractivity contribution in [2.24, 2.45) is 0 Å². The van der Waals surface area contributed by atoms with Crippen molar-refractivity contribution in [3.05, 3.63) is 63.2 Å². The summed E-state index contributed by atoms with van der Waals surface area (Å²) in [6.45, 7) is 7.56. The molecule has 6 nitrogen and oxygen atoms in total. The third-order valence-electron chi connectivity index (χ3n) is 3.95. The molecule has 2 aromatic carbocycles. The minimum Gasteiger partial charge on any atom is -0.480 e. The highest BCUT2D eigenvalue weighted by Gasteiger charge is 2.21. The zero-order valence-electron chi connectivity index (χ0n) is 14.8. The Hall–Kier alpha value is -2.89. The number of non-ortho nitro benzene ring substituents is 1. The lowest BCUT2D eigenvalue weighted by atomic mass is 10.1. The van der Waals surface area contributed by atoms with E-state index < -0.39 is 11.0 Å². The van der Waals surface area contributed by atoms with Crippen LogP contribution < -0.4 is 10.1 Å². The topological polar surface area (TPSA) is 81.5 Å². The zero-order valence-corrected chi connectivity index (χ0v) is 14.8. The maximum atomic E-state index is 12.6. The molecule has 132 valence electrons. The van der Waals surface area contributed by atoms with Crippen LogP contribution in [-0.2, 0) is 4.79 Å². The van der Waals surface area contributed by atoms with Crippen molar-refractivity contribution in [3.63, 3.8) is 0 Å². The molecule has 2 aromatic rings. The number of nitro groups is 1. The Labute approximate surface area is 147 Å². The van der Waals surface area contributed by atoms with Gasteiger partial charge in [-0.05, 0) is 44.4 Å². The molecular formula is C19H22N2O4. The number of carbonyl (C=O) groups excluding carboxylic acids is 1. The first-order valence-corrected chi connectivity index (χ1v) is 8.11. The van der Waals surface area contributed by atoms with Gasteiger partial charge in [-0.3, -0.25) is 14.9 Å². The number of benzene rings is 2. The number of anilines is 1. The predicted molar refractivity (Wildman–Crippen MR) is 97.1 cm³/mol. The van der Waals surface area contributed by atoms with Crippen molar-refractivity contribution in [3.8, 4) is 5.75 Å². The van der Waals surface area contributed by atoms with Crippen LogP contribution in [0.1, 0.15) is 30.0 Å². The minimum atomic E-state index is -0.680. The van der Waals surface area contributed by atoms with Gasteiger partial charge in [-0.1, -0.05) is 30.7 Å². The third kappa shape index (κ3) is 4.56. The third-order valence-corrected chi connectivity index (χ3v) is 3.95. The summed E-state index contributed by atoms with van der Waals surface area (Å²) < 4.78 is 5.86. The molecule has 0 aliphatic heterocycles. The molecule has 0 heterocycles. The second kappa shape index (κ2) is 7.79. The van der Waals surface area contributed by atoms with Gasteiger partial charge in [-0.15, -0.1) is 0 Å². The van der Waals surface area contributed by atoms with Gasteiger partial charge in [-0.25, -0.2) is 0 Å². The van der Waals surface area contributed by atoms with Crippen molar-refractivity contribution in [2.75, 3.05) is 5.32 Å². The van der Waals surface area contributed by atoms with Crippen LogP contribution in [0.15, 0.2) is 36.4 Å². The number of nitrogens with one attached hydrogen (secondary N) is 1. The number of ether oxygens (including phenoxy) is 1. The van der Waals surface area contributed by atoms with Crippen LogP contribution >= 0.6 is 0 Å². The fourth-order valence-corrected chi connectivity index (χ4v) is 2.48. The Morgan fingerprint density at radius 3 is 2.48 bits per heavy atom. The van der Waals surface area contributed by atoms with Gasteiger partial charge in [0.2, 0.25) is 0 Å². The Bertz CT molecular complexity index is 802. The van der Waals surface area contributed by atoms with E-state index >= 15 is 0 Å². The zero-order chi connectivity index (χ0) is 18.6. The van der Waals surface area contributed by atoms with Gasteiger partial charge in [0, 0.05) is 12.1 Å². The van der Waals surface area contributed by atoms with E-state index in [0.717, 1.165) is 16.7 Å². The summed E-state index contributed by atoms with van der Waals surface area (Å²) in [5.74, 6) is 0.328. The van der Waals surface area contributed by atoms with Gasteiger partial charge in [0.1, 0.15) is 5.75 Å². The quantitative estimate of drug-likeness (QED) is 0.626. The molecule has 6 heteroatoms. The van der Waals surface area contributed by atoms with E-state index in [1.165, 1.54) is 12.1 Å². The standard InChI is InChI=1S/C19H22N2O4/c1-5-17(25-18-9-6-12(2)10-14(18)4)19(22)20-16-11-15(21(23)24)8-7-13(16)3/h6-11,17H,5H2,1-4H3,(H,20,22)/t17-/m0/s1. The summed E-state index contributed by atoms with van der Waals surface area (Å²) in [5, 5.41) is 13.7. The first-order valence-electron chi connectivity index (χ1n) is 8.11. The van der Waals surface area contributed by atoms with Crippen LogP contribution in [0.5, 0.6) is 5.75 Å². The molecule has 0 radical (unpaired) electrons. The van der Waals surface area contributed by atoms with E-state index in [2.05, 4.69) is 5.32 Å². The Morgan fingerprint density at radius 1 is 1.16 bits per heavy atom. The summed E-state index contributed by atoms with van der Waals surface area (Å²) in [6.07, 6.45) is -0.201. The van der Waals surface area contributed by atoms with Crippen LogP contribution in [0.3, 0.4) is 0 Å². The molecule has 0 spiro atoms. The van der Waals surface area contributed by atoms with E-state index in [9.17, 15) is 14.9 Å². The molecule has 1 amide bonds. The van der Waals surface area contributed by atoms with Crippen LogP contribution in [-0.4, -0.2) is 16.9 Å². The fourth-order valence-electron chi connectivity index (χ4n) is 2.48. The van der Waals surface area contributed by atoms with E-state index in [0.29, 0.717) is 17.9 Å². The van der Waals surface area contributed by atoms with Gasteiger partial charge in [-0.2, -0.15) is 0 Å². The SMILES string of the molecule is CC[C@H](Oc1ccc(C)cc1C)C(=O)Nc1cc([N+](=O)[O-])ccc1C. The number of hydrogen-bond acceptors (Lipinski definition) is 4. The maximum Gasteiger partial charge on any atom is 0.271 e. The molecule has 25 heavy (non-hydrogen) atoms. The van der Waals surface area contributed by atoms with Gasteiger partial charge >= 0.3 is 0 Å². The second-order valence-corrected chi connectivity index (χ2v) is 6.03. The number of carbonyl (C=O) groups is 1.